The summed E-state index contributed by atoms with van der Waals surface area (Å²) >= 11 is 0. The second kappa shape index (κ2) is 9.82. The standard InChI is InChI=1S/C45H32N2/c1-28-12-11-17-32(29(28)2)45-39-26-30(46-41-18-7-3-13-35(41)36-14-4-8-19-42(36)46)22-24-33(39)34-25-23-31(27-40(34)45)47-43-20-9-5-15-37(43)38-16-6-10-21-44(38)47/h3-27,45H,1-2H3. The smallest absolute Gasteiger partial charge is 0.0541 e. The molecule has 0 spiro atoms. The molecule has 7 aromatic carbocycles. The third kappa shape index (κ3) is 3.67. The minimum atomic E-state index is 0.126. The van der Waals surface area contributed by atoms with Crippen molar-refractivity contribution in [3.63, 3.8) is 0 Å². The van der Waals surface area contributed by atoms with Crippen molar-refractivity contribution in [2.45, 2.75) is 19.8 Å². The molecule has 0 bridgehead atoms. The van der Waals surface area contributed by atoms with Crippen LogP contribution in [0.2, 0.25) is 0 Å². The topological polar surface area (TPSA) is 9.86 Å². The summed E-state index contributed by atoms with van der Waals surface area (Å²) < 4.78 is 4.88. The summed E-state index contributed by atoms with van der Waals surface area (Å²) in [6.07, 6.45) is 0. The molecule has 2 heteroatoms. The van der Waals surface area contributed by atoms with E-state index < -0.39 is 0 Å². The Bertz CT molecular complexity index is 2450. The fourth-order valence-corrected chi connectivity index (χ4v) is 8.34. The van der Waals surface area contributed by atoms with Gasteiger partial charge >= 0.3 is 0 Å². The molecule has 222 valence electrons. The molecule has 0 fully saturated rings. The van der Waals surface area contributed by atoms with Gasteiger partial charge in [-0.25, -0.2) is 0 Å². The maximum atomic E-state index is 2.46. The maximum absolute atomic E-state index is 2.46. The SMILES string of the molecule is Cc1cccc(C2c3cc(-n4c5ccccc5c5ccccc54)ccc3-c3ccc(-n4c5ccccc5c5ccccc54)cc32)c1C. The summed E-state index contributed by atoms with van der Waals surface area (Å²) in [5, 5.41) is 5.14. The zero-order chi connectivity index (χ0) is 31.2. The van der Waals surface area contributed by atoms with E-state index in [0.717, 1.165) is 0 Å². The molecule has 9 aromatic rings. The number of hydrogen-bond donors (Lipinski definition) is 0. The van der Waals surface area contributed by atoms with Crippen LogP contribution in [0.5, 0.6) is 0 Å². The average molecular weight is 601 g/mol. The quantitative estimate of drug-likeness (QED) is 0.191. The molecule has 47 heavy (non-hydrogen) atoms. The van der Waals surface area contributed by atoms with Crippen LogP contribution in [-0.2, 0) is 0 Å². The minimum Gasteiger partial charge on any atom is -0.309 e. The number of fused-ring (bicyclic) bond motifs is 9. The molecule has 0 saturated carbocycles. The van der Waals surface area contributed by atoms with E-state index in [4.69, 9.17) is 0 Å². The van der Waals surface area contributed by atoms with Gasteiger partial charge in [0.25, 0.3) is 0 Å². The summed E-state index contributed by atoms with van der Waals surface area (Å²) in [5.74, 6) is 0.126. The first-order valence-electron chi connectivity index (χ1n) is 16.5. The second-order valence-electron chi connectivity index (χ2n) is 13.0. The molecule has 0 radical (unpaired) electrons. The summed E-state index contributed by atoms with van der Waals surface area (Å²) in [5.41, 5.74) is 16.8. The molecule has 2 heterocycles. The summed E-state index contributed by atoms with van der Waals surface area (Å²) in [7, 11) is 0. The van der Waals surface area contributed by atoms with Crippen LogP contribution in [0.3, 0.4) is 0 Å². The second-order valence-corrected chi connectivity index (χ2v) is 13.0. The van der Waals surface area contributed by atoms with Crippen molar-refractivity contribution in [2.24, 2.45) is 0 Å². The van der Waals surface area contributed by atoms with Crippen molar-refractivity contribution in [3.05, 3.63) is 179 Å². The Morgan fingerprint density at radius 1 is 0.383 bits per heavy atom. The molecule has 0 amide bonds. The molecule has 2 nitrogen and oxygen atoms in total. The first-order valence-corrected chi connectivity index (χ1v) is 16.5. The maximum Gasteiger partial charge on any atom is 0.0541 e. The number of aryl methyl sites for hydroxylation is 1. The fourth-order valence-electron chi connectivity index (χ4n) is 8.34. The Hall–Kier alpha value is -5.86. The highest BCUT2D eigenvalue weighted by molar-refractivity contribution is 6.10. The van der Waals surface area contributed by atoms with Gasteiger partial charge in [-0.05, 0) is 101 Å². The Balaban J connectivity index is 1.24. The summed E-state index contributed by atoms with van der Waals surface area (Å²) in [4.78, 5) is 0. The van der Waals surface area contributed by atoms with Gasteiger partial charge in [0.15, 0.2) is 0 Å². The molecular weight excluding hydrogens is 569 g/mol. The van der Waals surface area contributed by atoms with Crippen LogP contribution in [0, 0.1) is 13.8 Å². The van der Waals surface area contributed by atoms with Gasteiger partial charge in [0, 0.05) is 38.8 Å². The zero-order valence-corrected chi connectivity index (χ0v) is 26.4. The Kier molecular flexibility index (Phi) is 5.51. The predicted octanol–water partition coefficient (Wildman–Crippen LogP) is 11.7. The van der Waals surface area contributed by atoms with E-state index in [-0.39, 0.29) is 5.92 Å². The molecule has 0 atom stereocenters. The number of rotatable bonds is 3. The highest BCUT2D eigenvalue weighted by atomic mass is 15.0. The third-order valence-corrected chi connectivity index (χ3v) is 10.6. The molecule has 0 unspecified atom stereocenters. The molecule has 0 saturated heterocycles. The van der Waals surface area contributed by atoms with Gasteiger partial charge in [0.1, 0.15) is 0 Å². The predicted molar refractivity (Wildman–Crippen MR) is 197 cm³/mol. The largest absolute Gasteiger partial charge is 0.309 e. The Labute approximate surface area is 273 Å². The van der Waals surface area contributed by atoms with E-state index in [0.29, 0.717) is 0 Å². The van der Waals surface area contributed by atoms with Gasteiger partial charge < -0.3 is 9.13 Å². The van der Waals surface area contributed by atoms with E-state index >= 15 is 0 Å². The Morgan fingerprint density at radius 2 is 0.787 bits per heavy atom. The first kappa shape index (κ1) is 26.4. The molecular formula is C45H32N2. The lowest BCUT2D eigenvalue weighted by Crippen LogP contribution is -2.05. The normalized spacial score (nSPS) is 12.8. The molecule has 1 aliphatic rings. The van der Waals surface area contributed by atoms with Gasteiger partial charge in [0.2, 0.25) is 0 Å². The first-order chi connectivity index (χ1) is 23.2. The lowest BCUT2D eigenvalue weighted by atomic mass is 9.85. The van der Waals surface area contributed by atoms with Crippen molar-refractivity contribution in [3.8, 4) is 22.5 Å². The van der Waals surface area contributed by atoms with Gasteiger partial charge in [-0.3, -0.25) is 0 Å². The molecule has 1 aliphatic carbocycles. The zero-order valence-electron chi connectivity index (χ0n) is 26.4. The van der Waals surface area contributed by atoms with Gasteiger partial charge in [-0.15, -0.1) is 0 Å². The van der Waals surface area contributed by atoms with Crippen molar-refractivity contribution in [1.29, 1.82) is 0 Å². The summed E-state index contributed by atoms with van der Waals surface area (Å²) in [6.45, 7) is 4.52. The average Bonchev–Trinajstić information content (AvgIpc) is 3.75. The van der Waals surface area contributed by atoms with Crippen LogP contribution in [0.4, 0.5) is 0 Å². The summed E-state index contributed by atoms with van der Waals surface area (Å²) in [6, 6.07) is 56.2. The van der Waals surface area contributed by atoms with Crippen molar-refractivity contribution < 1.29 is 0 Å². The van der Waals surface area contributed by atoms with Gasteiger partial charge in [-0.2, -0.15) is 0 Å². The van der Waals surface area contributed by atoms with Crippen molar-refractivity contribution >= 4 is 43.6 Å². The van der Waals surface area contributed by atoms with Gasteiger partial charge in [0.05, 0.1) is 22.1 Å². The van der Waals surface area contributed by atoms with Gasteiger partial charge in [-0.1, -0.05) is 103 Å². The highest BCUT2D eigenvalue weighted by Crippen LogP contribution is 2.51. The minimum absolute atomic E-state index is 0.126. The molecule has 2 aromatic heterocycles. The lowest BCUT2D eigenvalue weighted by molar-refractivity contribution is 0.981. The lowest BCUT2D eigenvalue weighted by Gasteiger charge is -2.20. The molecule has 0 aliphatic heterocycles. The number of aromatic nitrogens is 2. The molecule has 0 N–H and O–H groups in total. The fraction of sp³-hybridized carbons (Fsp3) is 0.0667. The van der Waals surface area contributed by atoms with E-state index in [1.54, 1.807) is 0 Å². The van der Waals surface area contributed by atoms with Crippen LogP contribution in [0.15, 0.2) is 152 Å². The number of benzene rings is 7. The van der Waals surface area contributed by atoms with Crippen LogP contribution < -0.4 is 0 Å². The Morgan fingerprint density at radius 3 is 1.21 bits per heavy atom. The van der Waals surface area contributed by atoms with Crippen LogP contribution in [0.25, 0.3) is 66.1 Å². The van der Waals surface area contributed by atoms with E-state index in [1.807, 2.05) is 0 Å². The third-order valence-electron chi connectivity index (χ3n) is 10.6. The number of para-hydroxylation sites is 4. The molecule has 10 rings (SSSR count). The van der Waals surface area contributed by atoms with E-state index in [9.17, 15) is 0 Å². The van der Waals surface area contributed by atoms with Crippen LogP contribution in [-0.4, -0.2) is 9.13 Å². The van der Waals surface area contributed by atoms with Crippen molar-refractivity contribution in [2.75, 3.05) is 0 Å². The monoisotopic (exact) mass is 600 g/mol. The van der Waals surface area contributed by atoms with E-state index in [1.165, 1.54) is 93.9 Å². The van der Waals surface area contributed by atoms with Crippen molar-refractivity contribution in [1.82, 2.24) is 9.13 Å². The van der Waals surface area contributed by atoms with Crippen LogP contribution in [0.1, 0.15) is 33.7 Å². The highest BCUT2D eigenvalue weighted by Gasteiger charge is 2.32. The van der Waals surface area contributed by atoms with E-state index in [2.05, 4.69) is 175 Å². The number of nitrogens with zero attached hydrogens (tertiary/aromatic N) is 2. The van der Waals surface area contributed by atoms with Crippen LogP contribution >= 0.6 is 0 Å². The number of hydrogen-bond acceptors (Lipinski definition) is 0.